The van der Waals surface area contributed by atoms with Gasteiger partial charge in [0, 0.05) is 23.8 Å². The Balaban J connectivity index is 1.29. The second kappa shape index (κ2) is 14.0. The van der Waals surface area contributed by atoms with E-state index in [-0.39, 0.29) is 11.5 Å². The fourth-order valence-electron chi connectivity index (χ4n) is 5.37. The number of nitrogens with zero attached hydrogens (tertiary/aromatic N) is 3. The molecule has 0 radical (unpaired) electrons. The van der Waals surface area contributed by atoms with Crippen molar-refractivity contribution in [2.45, 2.75) is 37.5 Å². The van der Waals surface area contributed by atoms with Gasteiger partial charge in [-0.25, -0.2) is 0 Å². The summed E-state index contributed by atoms with van der Waals surface area (Å²) in [7, 11) is 0. The maximum absolute atomic E-state index is 11.4. The number of phenolic OH excluding ortho intramolecular Hbond substituents is 2. The first kappa shape index (κ1) is 30.4. The highest BCUT2D eigenvalue weighted by molar-refractivity contribution is 7.15. The van der Waals surface area contributed by atoms with Gasteiger partial charge in [0.05, 0.1) is 32.1 Å². The fraction of sp³-hybridized carbons (Fsp3) is 0.273. The predicted octanol–water partition coefficient (Wildman–Crippen LogP) is 5.84. The van der Waals surface area contributed by atoms with Crippen LogP contribution in [-0.2, 0) is 4.74 Å². The van der Waals surface area contributed by atoms with Crippen LogP contribution in [0.3, 0.4) is 0 Å². The highest BCUT2D eigenvalue weighted by atomic mass is 32.1. The van der Waals surface area contributed by atoms with Gasteiger partial charge in [-0.15, -0.1) is 22.7 Å². The monoisotopic (exact) mass is 630 g/mol. The molecule has 44 heavy (non-hydrogen) atoms. The summed E-state index contributed by atoms with van der Waals surface area (Å²) in [6, 6.07) is 22.9. The molecular weight excluding hydrogens is 597 g/mol. The number of hydrogen-bond acceptors (Lipinski definition) is 11. The lowest BCUT2D eigenvalue weighted by atomic mass is 10.00. The van der Waals surface area contributed by atoms with Gasteiger partial charge < -0.3 is 30.1 Å². The zero-order chi connectivity index (χ0) is 30.5. The number of pyridine rings is 2. The molecule has 0 amide bonds. The molecule has 0 bridgehead atoms. The van der Waals surface area contributed by atoms with Crippen molar-refractivity contribution in [3.63, 3.8) is 0 Å². The van der Waals surface area contributed by atoms with Crippen molar-refractivity contribution in [2.75, 3.05) is 19.6 Å². The SMILES string of the molecule is Oc1ccc([C@@H](OC(O)c2ccc(-c3ccccn3)s2)[C@@H](CN2CCCC2)NC(O)c2ccc(-c3ccccn3)s2)cc1O. The Kier molecular flexibility index (Phi) is 9.63. The van der Waals surface area contributed by atoms with Gasteiger partial charge in [0.15, 0.2) is 17.8 Å². The van der Waals surface area contributed by atoms with Crippen LogP contribution in [-0.4, -0.2) is 61.0 Å². The highest BCUT2D eigenvalue weighted by Crippen LogP contribution is 2.38. The number of aliphatic hydroxyl groups excluding tert-OH is 2. The molecule has 4 atom stereocenters. The minimum Gasteiger partial charge on any atom is -0.504 e. The molecule has 5 N–H and O–H groups in total. The lowest BCUT2D eigenvalue weighted by molar-refractivity contribution is -0.154. The number of nitrogens with one attached hydrogen (secondary N) is 1. The number of benzene rings is 1. The maximum Gasteiger partial charge on any atom is 0.191 e. The Morgan fingerprint density at radius 1 is 0.773 bits per heavy atom. The number of rotatable bonds is 12. The third-order valence-corrected chi connectivity index (χ3v) is 9.89. The number of aliphatic hydroxyl groups is 2. The summed E-state index contributed by atoms with van der Waals surface area (Å²) < 4.78 is 6.40. The molecule has 0 saturated carbocycles. The molecule has 5 heterocycles. The van der Waals surface area contributed by atoms with Gasteiger partial charge in [-0.3, -0.25) is 15.3 Å². The van der Waals surface area contributed by atoms with Crippen LogP contribution in [0.4, 0.5) is 0 Å². The molecule has 0 spiro atoms. The Morgan fingerprint density at radius 2 is 1.41 bits per heavy atom. The Bertz CT molecular complexity index is 1640. The summed E-state index contributed by atoms with van der Waals surface area (Å²) >= 11 is 2.83. The number of ether oxygens (including phenoxy) is 1. The van der Waals surface area contributed by atoms with Gasteiger partial charge in [0.1, 0.15) is 12.3 Å². The van der Waals surface area contributed by atoms with Crippen molar-refractivity contribution in [3.05, 3.63) is 107 Å². The van der Waals surface area contributed by atoms with E-state index >= 15 is 0 Å². The minimum atomic E-state index is -1.30. The summed E-state index contributed by atoms with van der Waals surface area (Å²) in [6.45, 7) is 2.34. The van der Waals surface area contributed by atoms with Crippen LogP contribution in [0.15, 0.2) is 91.3 Å². The van der Waals surface area contributed by atoms with E-state index in [1.807, 2.05) is 60.7 Å². The standard InChI is InChI=1S/C33H34N4O5S2/c38-25-10-9-21(19-26(25)39)31(42-33(41)30-14-12-28(44-30)23-8-2-4-16-35-23)24(20-37-17-5-6-18-37)36-32(40)29-13-11-27(43-29)22-7-1-3-15-34-22/h1-4,7-16,19,24,31-33,36,38-41H,5-6,17-18,20H2/t24-,31-,32?,33?/m1/s1. The van der Waals surface area contributed by atoms with E-state index in [2.05, 4.69) is 20.2 Å². The molecule has 0 aliphatic carbocycles. The van der Waals surface area contributed by atoms with Crippen molar-refractivity contribution in [2.24, 2.45) is 0 Å². The third-order valence-electron chi connectivity index (χ3n) is 7.60. The lowest BCUT2D eigenvalue weighted by Gasteiger charge is -2.34. The average Bonchev–Trinajstić information content (AvgIpc) is 3.85. The Morgan fingerprint density at radius 3 is 2.02 bits per heavy atom. The zero-order valence-electron chi connectivity index (χ0n) is 23.9. The maximum atomic E-state index is 11.4. The average molecular weight is 631 g/mol. The van der Waals surface area contributed by atoms with Crippen LogP contribution >= 0.6 is 22.7 Å². The van der Waals surface area contributed by atoms with Crippen LogP contribution in [0.2, 0.25) is 0 Å². The molecule has 228 valence electrons. The molecule has 9 nitrogen and oxygen atoms in total. The van der Waals surface area contributed by atoms with Crippen molar-refractivity contribution < 1.29 is 25.2 Å². The first-order valence-corrected chi connectivity index (χ1v) is 16.1. The van der Waals surface area contributed by atoms with Gasteiger partial charge in [0.2, 0.25) is 0 Å². The molecule has 1 aliphatic rings. The first-order chi connectivity index (χ1) is 21.4. The number of aromatic nitrogens is 2. The molecule has 1 fully saturated rings. The molecule has 2 unspecified atom stereocenters. The van der Waals surface area contributed by atoms with Gasteiger partial charge in [-0.05, 0) is 92.2 Å². The lowest BCUT2D eigenvalue weighted by Crippen LogP contribution is -2.46. The highest BCUT2D eigenvalue weighted by Gasteiger charge is 2.33. The first-order valence-electron chi connectivity index (χ1n) is 14.5. The molecule has 5 aromatic rings. The number of phenols is 2. The van der Waals surface area contributed by atoms with Crippen LogP contribution < -0.4 is 5.32 Å². The van der Waals surface area contributed by atoms with E-state index in [1.165, 1.54) is 34.8 Å². The summed E-state index contributed by atoms with van der Waals surface area (Å²) in [5.41, 5.74) is 2.17. The van der Waals surface area contributed by atoms with Crippen molar-refractivity contribution in [1.82, 2.24) is 20.2 Å². The Hall–Kier alpha value is -3.68. The largest absolute Gasteiger partial charge is 0.504 e. The zero-order valence-corrected chi connectivity index (χ0v) is 25.5. The van der Waals surface area contributed by atoms with Crippen molar-refractivity contribution in [3.8, 4) is 32.6 Å². The molecule has 6 rings (SSSR count). The van der Waals surface area contributed by atoms with E-state index in [9.17, 15) is 20.4 Å². The summed E-state index contributed by atoms with van der Waals surface area (Å²) in [6.07, 6.45) is 2.49. The van der Waals surface area contributed by atoms with Crippen molar-refractivity contribution in [1.29, 1.82) is 0 Å². The van der Waals surface area contributed by atoms with Crippen LogP contribution in [0, 0.1) is 0 Å². The quantitative estimate of drug-likeness (QED) is 0.0853. The van der Waals surface area contributed by atoms with Gasteiger partial charge in [-0.1, -0.05) is 18.2 Å². The number of hydrogen-bond donors (Lipinski definition) is 5. The molecule has 11 heteroatoms. The number of aromatic hydroxyl groups is 2. The number of likely N-dealkylation sites (tertiary alicyclic amines) is 1. The minimum absolute atomic E-state index is 0.254. The Labute approximate surface area is 263 Å². The van der Waals surface area contributed by atoms with E-state index < -0.39 is 24.7 Å². The molecule has 1 aliphatic heterocycles. The normalized spacial score (nSPS) is 16.5. The van der Waals surface area contributed by atoms with Gasteiger partial charge in [-0.2, -0.15) is 0 Å². The summed E-state index contributed by atoms with van der Waals surface area (Å²) in [5, 5.41) is 46.6. The fourth-order valence-corrected chi connectivity index (χ4v) is 7.21. The summed E-state index contributed by atoms with van der Waals surface area (Å²) in [5.74, 6) is -0.547. The van der Waals surface area contributed by atoms with Crippen LogP contribution in [0.5, 0.6) is 11.5 Å². The van der Waals surface area contributed by atoms with Crippen molar-refractivity contribution >= 4 is 22.7 Å². The smallest absolute Gasteiger partial charge is 0.191 e. The predicted molar refractivity (Wildman–Crippen MR) is 171 cm³/mol. The van der Waals surface area contributed by atoms with E-state index in [0.29, 0.717) is 21.9 Å². The molecule has 1 aromatic carbocycles. The van der Waals surface area contributed by atoms with Crippen LogP contribution in [0.25, 0.3) is 21.1 Å². The van der Waals surface area contributed by atoms with Gasteiger partial charge >= 0.3 is 0 Å². The topological polar surface area (TPSA) is 131 Å². The summed E-state index contributed by atoms with van der Waals surface area (Å²) in [4.78, 5) is 14.3. The number of thiophene rings is 2. The van der Waals surface area contributed by atoms with E-state index in [4.69, 9.17) is 4.74 Å². The second-order valence-corrected chi connectivity index (χ2v) is 12.9. The third kappa shape index (κ3) is 7.16. The van der Waals surface area contributed by atoms with Crippen LogP contribution in [0.1, 0.15) is 46.8 Å². The van der Waals surface area contributed by atoms with Gasteiger partial charge in [0.25, 0.3) is 0 Å². The molecule has 4 aromatic heterocycles. The van der Waals surface area contributed by atoms with E-state index in [0.717, 1.165) is 47.1 Å². The second-order valence-electron chi connectivity index (χ2n) is 10.7. The van der Waals surface area contributed by atoms with E-state index in [1.54, 1.807) is 18.5 Å². The molecule has 1 saturated heterocycles. The molecular formula is C33H34N4O5S2.